The highest BCUT2D eigenvalue weighted by molar-refractivity contribution is 5.59. The Labute approximate surface area is 184 Å². The van der Waals surface area contributed by atoms with E-state index in [1.165, 1.54) is 6.07 Å². The van der Waals surface area contributed by atoms with Crippen molar-refractivity contribution in [2.45, 2.75) is 56.5 Å². The van der Waals surface area contributed by atoms with Gasteiger partial charge in [0.05, 0.1) is 18.9 Å². The van der Waals surface area contributed by atoms with Gasteiger partial charge in [0.2, 0.25) is 0 Å². The monoisotopic (exact) mass is 446 g/mol. The second kappa shape index (κ2) is 8.67. The van der Waals surface area contributed by atoms with Gasteiger partial charge in [0.1, 0.15) is 53.3 Å². The molecule has 0 radical (unpaired) electrons. The number of aromatic nitrogens is 3. The van der Waals surface area contributed by atoms with E-state index in [1.807, 2.05) is 13.8 Å². The van der Waals surface area contributed by atoms with Crippen LogP contribution in [0.25, 0.3) is 11.3 Å². The molecule has 0 saturated carbocycles. The Kier molecular flexibility index (Phi) is 6.09. The topological polar surface area (TPSA) is 91.4 Å². The average Bonchev–Trinajstić information content (AvgIpc) is 3.22. The quantitative estimate of drug-likeness (QED) is 0.652. The van der Waals surface area contributed by atoms with Gasteiger partial charge in [-0.05, 0) is 32.4 Å². The molecule has 170 valence electrons. The molecule has 0 amide bonds. The van der Waals surface area contributed by atoms with Crippen molar-refractivity contribution >= 4 is 0 Å². The van der Waals surface area contributed by atoms with Crippen molar-refractivity contribution in [3.63, 3.8) is 0 Å². The lowest BCUT2D eigenvalue weighted by atomic mass is 9.90. The standard InChI is InChI=1S/C22H24F2N4O4/c1-5-6-17-20(29-4)19(21-18(31-17)11-30-22(2,3)32-21)28-10-16(26-27-28)12-7-14(23)13(9-25)15(24)8-12/h5,7-8,10,17-21H,1,6,11H2,2-4H3/t17-,18-,19-,20+,21+/m1/s1. The predicted octanol–water partition coefficient (Wildman–Crippen LogP) is 3.15. The summed E-state index contributed by atoms with van der Waals surface area (Å²) in [7, 11) is 1.57. The van der Waals surface area contributed by atoms with Crippen molar-refractivity contribution in [2.24, 2.45) is 0 Å². The summed E-state index contributed by atoms with van der Waals surface area (Å²) in [6.07, 6.45) is 2.25. The van der Waals surface area contributed by atoms with E-state index < -0.39 is 41.2 Å². The fourth-order valence-electron chi connectivity index (χ4n) is 4.26. The van der Waals surface area contributed by atoms with Crippen molar-refractivity contribution < 1.29 is 27.7 Å². The molecule has 2 aromatic rings. The van der Waals surface area contributed by atoms with Crippen molar-refractivity contribution in [1.82, 2.24) is 15.0 Å². The Balaban J connectivity index is 1.73. The Morgan fingerprint density at radius 3 is 2.72 bits per heavy atom. The summed E-state index contributed by atoms with van der Waals surface area (Å²) >= 11 is 0. The first-order chi connectivity index (χ1) is 15.3. The molecule has 32 heavy (non-hydrogen) atoms. The third-order valence-corrected chi connectivity index (χ3v) is 5.71. The van der Waals surface area contributed by atoms with Gasteiger partial charge in [-0.15, -0.1) is 11.7 Å². The second-order valence-corrected chi connectivity index (χ2v) is 8.23. The maximum absolute atomic E-state index is 14.1. The Morgan fingerprint density at radius 2 is 2.09 bits per heavy atom. The van der Waals surface area contributed by atoms with Crippen LogP contribution in [0.3, 0.4) is 0 Å². The molecule has 2 aliphatic rings. The minimum absolute atomic E-state index is 0.165. The highest BCUT2D eigenvalue weighted by Crippen LogP contribution is 2.40. The number of nitriles is 1. The zero-order valence-electron chi connectivity index (χ0n) is 18.0. The van der Waals surface area contributed by atoms with E-state index in [0.29, 0.717) is 13.0 Å². The summed E-state index contributed by atoms with van der Waals surface area (Å²) in [6, 6.07) is 3.19. The van der Waals surface area contributed by atoms with Crippen LogP contribution in [0.5, 0.6) is 0 Å². The maximum atomic E-state index is 14.1. The summed E-state index contributed by atoms with van der Waals surface area (Å²) in [5.74, 6) is -2.76. The second-order valence-electron chi connectivity index (χ2n) is 8.23. The van der Waals surface area contributed by atoms with E-state index in [1.54, 1.807) is 24.1 Å². The van der Waals surface area contributed by atoms with Crippen molar-refractivity contribution in [3.05, 3.63) is 48.2 Å². The molecular formula is C22H24F2N4O4. The molecule has 2 aliphatic heterocycles. The number of rotatable bonds is 5. The number of fused-ring (bicyclic) bond motifs is 1. The average molecular weight is 446 g/mol. The molecule has 8 nitrogen and oxygen atoms in total. The van der Waals surface area contributed by atoms with E-state index in [2.05, 4.69) is 16.9 Å². The van der Waals surface area contributed by atoms with Crippen LogP contribution in [-0.2, 0) is 18.9 Å². The van der Waals surface area contributed by atoms with Gasteiger partial charge in [0.25, 0.3) is 0 Å². The summed E-state index contributed by atoms with van der Waals surface area (Å²) in [5, 5.41) is 17.2. The van der Waals surface area contributed by atoms with Crippen molar-refractivity contribution in [1.29, 1.82) is 5.26 Å². The normalized spacial score (nSPS) is 29.2. The first-order valence-electron chi connectivity index (χ1n) is 10.2. The number of ether oxygens (including phenoxy) is 4. The fourth-order valence-corrected chi connectivity index (χ4v) is 4.26. The Morgan fingerprint density at radius 1 is 1.38 bits per heavy atom. The van der Waals surface area contributed by atoms with Crippen LogP contribution in [0.4, 0.5) is 8.78 Å². The highest BCUT2D eigenvalue weighted by Gasteiger charge is 2.52. The fraction of sp³-hybridized carbons (Fsp3) is 0.500. The molecule has 0 spiro atoms. The van der Waals surface area contributed by atoms with Gasteiger partial charge in [0.15, 0.2) is 5.79 Å². The van der Waals surface area contributed by atoms with E-state index in [4.69, 9.17) is 24.2 Å². The Bertz CT molecular complexity index is 1030. The molecule has 2 saturated heterocycles. The van der Waals surface area contributed by atoms with Gasteiger partial charge < -0.3 is 18.9 Å². The smallest absolute Gasteiger partial charge is 0.163 e. The SMILES string of the molecule is C=CC[C@H]1O[C@@H]2COC(C)(C)O[C@@H]2[C@H](n2cc(-c3cc(F)c(C#N)c(F)c3)nn2)[C@H]1OC. The lowest BCUT2D eigenvalue weighted by Gasteiger charge is -2.51. The molecule has 2 fully saturated rings. The summed E-state index contributed by atoms with van der Waals surface area (Å²) in [5.41, 5.74) is -0.228. The molecule has 0 aliphatic carbocycles. The molecule has 3 heterocycles. The molecule has 1 aromatic heterocycles. The van der Waals surface area contributed by atoms with Crippen LogP contribution in [0, 0.1) is 23.0 Å². The Hall–Kier alpha value is -2.71. The molecule has 4 rings (SSSR count). The number of hydrogen-bond acceptors (Lipinski definition) is 7. The summed E-state index contributed by atoms with van der Waals surface area (Å²) in [4.78, 5) is 0. The van der Waals surface area contributed by atoms with Gasteiger partial charge in [-0.3, -0.25) is 0 Å². The molecular weight excluding hydrogens is 422 g/mol. The molecule has 1 aromatic carbocycles. The zero-order chi connectivity index (χ0) is 23.0. The lowest BCUT2D eigenvalue weighted by molar-refractivity contribution is -0.349. The van der Waals surface area contributed by atoms with Gasteiger partial charge in [-0.1, -0.05) is 11.3 Å². The van der Waals surface area contributed by atoms with Crippen LogP contribution < -0.4 is 0 Å². The molecule has 10 heteroatoms. The summed E-state index contributed by atoms with van der Waals surface area (Å²) < 4.78 is 53.8. The van der Waals surface area contributed by atoms with Crippen molar-refractivity contribution in [3.8, 4) is 17.3 Å². The number of nitrogens with zero attached hydrogens (tertiary/aromatic N) is 4. The largest absolute Gasteiger partial charge is 0.376 e. The number of benzene rings is 1. The third kappa shape index (κ3) is 4.04. The summed E-state index contributed by atoms with van der Waals surface area (Å²) in [6.45, 7) is 7.75. The zero-order valence-corrected chi connectivity index (χ0v) is 18.0. The van der Waals surface area contributed by atoms with E-state index in [9.17, 15) is 8.78 Å². The van der Waals surface area contributed by atoms with E-state index in [0.717, 1.165) is 12.1 Å². The molecule has 0 unspecified atom stereocenters. The van der Waals surface area contributed by atoms with Crippen LogP contribution in [0.2, 0.25) is 0 Å². The lowest BCUT2D eigenvalue weighted by Crippen LogP contribution is -2.62. The highest BCUT2D eigenvalue weighted by atomic mass is 19.1. The number of methoxy groups -OCH3 is 1. The molecule has 5 atom stereocenters. The van der Waals surface area contributed by atoms with Crippen LogP contribution in [0.15, 0.2) is 31.0 Å². The van der Waals surface area contributed by atoms with E-state index in [-0.39, 0.29) is 23.5 Å². The minimum atomic E-state index is -0.960. The molecule has 0 bridgehead atoms. The first kappa shape index (κ1) is 22.5. The van der Waals surface area contributed by atoms with Gasteiger partial charge in [-0.25, -0.2) is 13.5 Å². The van der Waals surface area contributed by atoms with Crippen LogP contribution in [0.1, 0.15) is 31.9 Å². The first-order valence-corrected chi connectivity index (χ1v) is 10.2. The van der Waals surface area contributed by atoms with Gasteiger partial charge in [0, 0.05) is 12.7 Å². The minimum Gasteiger partial charge on any atom is -0.376 e. The maximum Gasteiger partial charge on any atom is 0.163 e. The van der Waals surface area contributed by atoms with E-state index >= 15 is 0 Å². The third-order valence-electron chi connectivity index (χ3n) is 5.71. The van der Waals surface area contributed by atoms with Crippen LogP contribution >= 0.6 is 0 Å². The van der Waals surface area contributed by atoms with Gasteiger partial charge in [-0.2, -0.15) is 5.26 Å². The number of halogens is 2. The van der Waals surface area contributed by atoms with Crippen molar-refractivity contribution in [2.75, 3.05) is 13.7 Å². The predicted molar refractivity (Wildman–Crippen MR) is 108 cm³/mol. The van der Waals surface area contributed by atoms with Crippen LogP contribution in [-0.4, -0.2) is 58.9 Å². The number of hydrogen-bond donors (Lipinski definition) is 0. The van der Waals surface area contributed by atoms with Gasteiger partial charge >= 0.3 is 0 Å². The molecule has 0 N–H and O–H groups in total.